The van der Waals surface area contributed by atoms with Crippen molar-refractivity contribution in [3.8, 4) is 5.75 Å². The molecule has 1 atom stereocenters. The Morgan fingerprint density at radius 1 is 1.06 bits per heavy atom. The lowest BCUT2D eigenvalue weighted by Crippen LogP contribution is -2.50. The number of thioether (sulfide) groups is 1. The molecule has 3 aromatic rings. The molecule has 0 N–H and O–H groups in total. The zero-order valence-corrected chi connectivity index (χ0v) is 18.6. The molecule has 0 aromatic heterocycles. The van der Waals surface area contributed by atoms with Crippen molar-refractivity contribution < 1.29 is 23.1 Å². The predicted octanol–water partition coefficient (Wildman–Crippen LogP) is 4.56. The molecule has 0 radical (unpaired) electrons. The van der Waals surface area contributed by atoms with Gasteiger partial charge in [-0.05, 0) is 42.5 Å². The van der Waals surface area contributed by atoms with Gasteiger partial charge in [0, 0.05) is 29.0 Å². The second-order valence-electron chi connectivity index (χ2n) is 7.79. The van der Waals surface area contributed by atoms with Gasteiger partial charge in [0.1, 0.15) is 17.4 Å². The normalized spacial score (nSPS) is 19.3. The summed E-state index contributed by atoms with van der Waals surface area (Å²) in [6.45, 7) is 0.0784. The fourth-order valence-electron chi connectivity index (χ4n) is 4.46. The maximum atomic E-state index is 14.5. The van der Waals surface area contributed by atoms with Gasteiger partial charge in [-0.2, -0.15) is 0 Å². The minimum Gasteiger partial charge on any atom is -0.497 e. The van der Waals surface area contributed by atoms with Gasteiger partial charge in [-0.1, -0.05) is 24.3 Å². The zero-order valence-electron chi connectivity index (χ0n) is 17.8. The average molecular weight is 467 g/mol. The molecule has 8 heteroatoms. The van der Waals surface area contributed by atoms with Gasteiger partial charge < -0.3 is 14.5 Å². The third-order valence-electron chi connectivity index (χ3n) is 6.04. The number of nitrogens with zero attached hydrogens (tertiary/aromatic N) is 2. The first-order chi connectivity index (χ1) is 16.0. The highest BCUT2D eigenvalue weighted by Gasteiger charge is 2.59. The van der Waals surface area contributed by atoms with E-state index >= 15 is 0 Å². The topological polar surface area (TPSA) is 49.9 Å². The standard InChI is InChI=1S/C25H20F2N2O3S/c1-32-17-10-11-22-19(14-17)25(24(31)28(22)15-18-20(26)8-5-9-21(18)27)29(12-13-33-25)23(30)16-6-3-2-4-7-16/h2-11,14H,12-13,15H2,1H3. The Labute approximate surface area is 193 Å². The lowest BCUT2D eigenvalue weighted by Gasteiger charge is -2.33. The number of ether oxygens (including phenoxy) is 1. The molecule has 0 bridgehead atoms. The molecular formula is C25H20F2N2O3S. The predicted molar refractivity (Wildman–Crippen MR) is 122 cm³/mol. The molecule has 2 heterocycles. The molecule has 3 aromatic carbocycles. The summed E-state index contributed by atoms with van der Waals surface area (Å²) >= 11 is 1.35. The highest BCUT2D eigenvalue weighted by Crippen LogP contribution is 2.55. The maximum Gasteiger partial charge on any atom is 0.268 e. The Morgan fingerprint density at radius 3 is 2.48 bits per heavy atom. The molecule has 2 aliphatic rings. The Kier molecular flexibility index (Phi) is 5.32. The second kappa shape index (κ2) is 8.19. The largest absolute Gasteiger partial charge is 0.497 e. The van der Waals surface area contributed by atoms with Crippen LogP contribution >= 0.6 is 11.8 Å². The molecule has 2 amide bonds. The zero-order chi connectivity index (χ0) is 23.2. The number of rotatable bonds is 4. The quantitative estimate of drug-likeness (QED) is 0.566. The van der Waals surface area contributed by atoms with Crippen LogP contribution in [0.5, 0.6) is 5.75 Å². The van der Waals surface area contributed by atoms with Gasteiger partial charge in [0.05, 0.1) is 19.3 Å². The number of methoxy groups -OCH3 is 1. The highest BCUT2D eigenvalue weighted by atomic mass is 32.2. The van der Waals surface area contributed by atoms with Crippen molar-refractivity contribution in [2.24, 2.45) is 0 Å². The molecule has 5 rings (SSSR count). The van der Waals surface area contributed by atoms with Crippen molar-refractivity contribution in [3.63, 3.8) is 0 Å². The SMILES string of the molecule is COc1ccc2c(c1)C1(SCCN1C(=O)c1ccccc1)C(=O)N2Cc1c(F)cccc1F. The minimum absolute atomic E-state index is 0.200. The van der Waals surface area contributed by atoms with E-state index in [1.54, 1.807) is 47.4 Å². The van der Waals surface area contributed by atoms with Crippen LogP contribution in [0.15, 0.2) is 66.7 Å². The summed E-state index contributed by atoms with van der Waals surface area (Å²) in [6, 6.07) is 17.5. The number of hydrogen-bond donors (Lipinski definition) is 0. The molecule has 1 unspecified atom stereocenters. The molecule has 168 valence electrons. The first-order valence-corrected chi connectivity index (χ1v) is 11.4. The van der Waals surface area contributed by atoms with Crippen LogP contribution in [-0.2, 0) is 16.2 Å². The summed E-state index contributed by atoms with van der Waals surface area (Å²) in [7, 11) is 1.52. The third-order valence-corrected chi connectivity index (χ3v) is 7.46. The lowest BCUT2D eigenvalue weighted by atomic mass is 10.0. The van der Waals surface area contributed by atoms with Gasteiger partial charge >= 0.3 is 0 Å². The van der Waals surface area contributed by atoms with Crippen LogP contribution in [0.4, 0.5) is 14.5 Å². The number of benzene rings is 3. The number of amides is 2. The first-order valence-electron chi connectivity index (χ1n) is 10.4. The van der Waals surface area contributed by atoms with E-state index in [0.29, 0.717) is 34.9 Å². The Bertz CT molecular complexity index is 1230. The van der Waals surface area contributed by atoms with E-state index in [1.165, 1.54) is 42.0 Å². The Balaban J connectivity index is 1.64. The van der Waals surface area contributed by atoms with Crippen molar-refractivity contribution >= 4 is 29.3 Å². The molecule has 1 spiro atoms. The van der Waals surface area contributed by atoms with Gasteiger partial charge in [-0.15, -0.1) is 11.8 Å². The van der Waals surface area contributed by atoms with E-state index in [1.807, 2.05) is 6.07 Å². The van der Waals surface area contributed by atoms with Gasteiger partial charge in [0.15, 0.2) is 4.87 Å². The molecule has 1 fully saturated rings. The van der Waals surface area contributed by atoms with Gasteiger partial charge in [0.2, 0.25) is 0 Å². The monoisotopic (exact) mass is 466 g/mol. The third kappa shape index (κ3) is 3.28. The number of fused-ring (bicyclic) bond motifs is 2. The summed E-state index contributed by atoms with van der Waals surface area (Å²) in [5.41, 5.74) is 1.35. The lowest BCUT2D eigenvalue weighted by molar-refractivity contribution is -0.123. The van der Waals surface area contributed by atoms with Crippen LogP contribution in [0.2, 0.25) is 0 Å². The van der Waals surface area contributed by atoms with Crippen molar-refractivity contribution in [2.45, 2.75) is 11.4 Å². The van der Waals surface area contributed by atoms with Crippen LogP contribution < -0.4 is 9.64 Å². The van der Waals surface area contributed by atoms with E-state index in [4.69, 9.17) is 4.74 Å². The number of carbonyl (C=O) groups is 2. The maximum absolute atomic E-state index is 14.5. The van der Waals surface area contributed by atoms with Crippen molar-refractivity contribution in [1.29, 1.82) is 0 Å². The minimum atomic E-state index is -1.33. The molecule has 5 nitrogen and oxygen atoms in total. The molecule has 0 saturated carbocycles. The van der Waals surface area contributed by atoms with E-state index in [9.17, 15) is 18.4 Å². The molecule has 33 heavy (non-hydrogen) atoms. The molecule has 1 saturated heterocycles. The van der Waals surface area contributed by atoms with Crippen LogP contribution in [-0.4, -0.2) is 36.1 Å². The number of carbonyl (C=O) groups excluding carboxylic acids is 2. The van der Waals surface area contributed by atoms with E-state index in [0.717, 1.165) is 0 Å². The van der Waals surface area contributed by atoms with Gasteiger partial charge in [-0.3, -0.25) is 9.59 Å². The molecular weight excluding hydrogens is 446 g/mol. The molecule has 0 aliphatic carbocycles. The van der Waals surface area contributed by atoms with Crippen LogP contribution in [0.3, 0.4) is 0 Å². The summed E-state index contributed by atoms with van der Waals surface area (Å²) in [5, 5.41) is 0. The van der Waals surface area contributed by atoms with Crippen molar-refractivity contribution in [2.75, 3.05) is 24.3 Å². The van der Waals surface area contributed by atoms with Crippen LogP contribution in [0.1, 0.15) is 21.5 Å². The Hall–Kier alpha value is -3.39. The van der Waals surface area contributed by atoms with Crippen molar-refractivity contribution in [3.05, 3.63) is 95.1 Å². The Morgan fingerprint density at radius 2 is 1.79 bits per heavy atom. The van der Waals surface area contributed by atoms with E-state index in [-0.39, 0.29) is 18.0 Å². The number of anilines is 1. The van der Waals surface area contributed by atoms with Crippen LogP contribution in [0, 0.1) is 11.6 Å². The number of halogens is 2. The summed E-state index contributed by atoms with van der Waals surface area (Å²) < 4.78 is 34.3. The van der Waals surface area contributed by atoms with E-state index in [2.05, 4.69) is 0 Å². The smallest absolute Gasteiger partial charge is 0.268 e. The first kappa shape index (κ1) is 21.5. The second-order valence-corrected chi connectivity index (χ2v) is 9.08. The average Bonchev–Trinajstić information content (AvgIpc) is 3.38. The molecule has 2 aliphatic heterocycles. The summed E-state index contributed by atoms with van der Waals surface area (Å²) in [4.78, 5) is 29.1. The number of hydrogen-bond acceptors (Lipinski definition) is 4. The fourth-order valence-corrected chi connectivity index (χ4v) is 5.91. The highest BCUT2D eigenvalue weighted by molar-refractivity contribution is 8.01. The fraction of sp³-hybridized carbons (Fsp3) is 0.200. The van der Waals surface area contributed by atoms with Crippen molar-refractivity contribution in [1.82, 2.24) is 4.90 Å². The summed E-state index contributed by atoms with van der Waals surface area (Å²) in [6.07, 6.45) is 0. The van der Waals surface area contributed by atoms with Crippen LogP contribution in [0.25, 0.3) is 0 Å². The summed E-state index contributed by atoms with van der Waals surface area (Å²) in [5.74, 6) is -1.06. The van der Waals surface area contributed by atoms with Gasteiger partial charge in [-0.25, -0.2) is 8.78 Å². The van der Waals surface area contributed by atoms with E-state index < -0.39 is 22.4 Å². The van der Waals surface area contributed by atoms with Gasteiger partial charge in [0.25, 0.3) is 11.8 Å².